The van der Waals surface area contributed by atoms with E-state index in [0.29, 0.717) is 13.2 Å². The Morgan fingerprint density at radius 2 is 2.16 bits per heavy atom. The highest BCUT2D eigenvalue weighted by atomic mass is 16.6. The molecule has 4 heteroatoms. The van der Waals surface area contributed by atoms with E-state index in [2.05, 4.69) is 17.4 Å². The van der Waals surface area contributed by atoms with E-state index in [-0.39, 0.29) is 17.7 Å². The summed E-state index contributed by atoms with van der Waals surface area (Å²) in [5.74, 6) is 0.0794. The van der Waals surface area contributed by atoms with Crippen LogP contribution in [-0.2, 0) is 20.7 Å². The minimum Gasteiger partial charge on any atom is -0.494 e. The van der Waals surface area contributed by atoms with E-state index in [1.54, 1.807) is 0 Å². The van der Waals surface area contributed by atoms with Gasteiger partial charge in [0.1, 0.15) is 19.5 Å². The zero-order chi connectivity index (χ0) is 13.1. The molecule has 0 spiro atoms. The van der Waals surface area contributed by atoms with E-state index in [1.165, 1.54) is 17.4 Å². The lowest BCUT2D eigenvalue weighted by atomic mass is 9.88. The van der Waals surface area contributed by atoms with Crippen LogP contribution in [0.2, 0.25) is 0 Å². The number of nitrogens with one attached hydrogen (secondary N) is 1. The predicted octanol–water partition coefficient (Wildman–Crippen LogP) is 2.07. The monoisotopic (exact) mass is 259 g/mol. The largest absolute Gasteiger partial charge is 0.494 e. The minimum absolute atomic E-state index is 0.0730. The van der Waals surface area contributed by atoms with Crippen molar-refractivity contribution < 1.29 is 14.3 Å². The van der Waals surface area contributed by atoms with E-state index in [4.69, 9.17) is 9.47 Å². The minimum atomic E-state index is -0.193. The molecule has 1 aliphatic heterocycles. The molecular formula is C15H17NO3. The maximum absolute atomic E-state index is 12.1. The maximum atomic E-state index is 12.1. The van der Waals surface area contributed by atoms with Crippen LogP contribution in [0.15, 0.2) is 36.3 Å². The van der Waals surface area contributed by atoms with E-state index in [9.17, 15) is 4.79 Å². The van der Waals surface area contributed by atoms with Crippen LogP contribution in [0.25, 0.3) is 0 Å². The van der Waals surface area contributed by atoms with E-state index < -0.39 is 0 Å². The molecule has 1 N–H and O–H groups in total. The number of benzene rings is 1. The molecular weight excluding hydrogens is 242 g/mol. The molecule has 0 saturated heterocycles. The highest BCUT2D eigenvalue weighted by Gasteiger charge is 2.24. The van der Waals surface area contributed by atoms with E-state index >= 15 is 0 Å². The summed E-state index contributed by atoms with van der Waals surface area (Å²) in [6, 6.07) is 8.36. The maximum Gasteiger partial charge on any atom is 0.290 e. The number of amides is 1. The van der Waals surface area contributed by atoms with Gasteiger partial charge in [-0.3, -0.25) is 4.79 Å². The van der Waals surface area contributed by atoms with Crippen molar-refractivity contribution in [2.75, 3.05) is 13.2 Å². The molecule has 0 saturated carbocycles. The molecule has 100 valence electrons. The van der Waals surface area contributed by atoms with Crippen molar-refractivity contribution >= 4 is 5.91 Å². The average Bonchev–Trinajstić information content (AvgIpc) is 2.48. The van der Waals surface area contributed by atoms with Crippen LogP contribution in [0.3, 0.4) is 0 Å². The van der Waals surface area contributed by atoms with Crippen molar-refractivity contribution in [1.29, 1.82) is 0 Å². The standard InChI is InChI=1S/C15H17NO3/c17-15(14-10-18-8-9-19-14)16-13-7-3-5-11-4-1-2-6-12(11)13/h1-2,4,6,10,13H,3,5,7-9H2,(H,16,17)/t13-/m1/s1. The Balaban J connectivity index is 1.74. The first-order valence-corrected chi connectivity index (χ1v) is 6.68. The van der Waals surface area contributed by atoms with Crippen LogP contribution >= 0.6 is 0 Å². The number of hydrogen-bond donors (Lipinski definition) is 1. The summed E-state index contributed by atoms with van der Waals surface area (Å²) in [6.07, 6.45) is 4.55. The number of carbonyl (C=O) groups excluding carboxylic acids is 1. The first-order valence-electron chi connectivity index (χ1n) is 6.68. The molecule has 4 nitrogen and oxygen atoms in total. The fourth-order valence-electron chi connectivity index (χ4n) is 2.62. The molecule has 0 unspecified atom stereocenters. The molecule has 1 heterocycles. The SMILES string of the molecule is O=C(N[C@@H]1CCCc2ccccc21)C1=COCCO1. The third kappa shape index (κ3) is 2.57. The van der Waals surface area contributed by atoms with Gasteiger partial charge in [0.15, 0.2) is 0 Å². The molecule has 1 atom stereocenters. The van der Waals surface area contributed by atoms with Gasteiger partial charge in [0.05, 0.1) is 6.04 Å². The van der Waals surface area contributed by atoms with Crippen LogP contribution in [-0.4, -0.2) is 19.1 Å². The molecule has 0 fully saturated rings. The Kier molecular flexibility index (Phi) is 3.40. The van der Waals surface area contributed by atoms with Crippen LogP contribution in [0.5, 0.6) is 0 Å². The van der Waals surface area contributed by atoms with Gasteiger partial charge in [-0.1, -0.05) is 24.3 Å². The van der Waals surface area contributed by atoms with Gasteiger partial charge in [0.2, 0.25) is 5.76 Å². The summed E-state index contributed by atoms with van der Waals surface area (Å²) in [5, 5.41) is 3.03. The Bertz CT molecular complexity index is 510. The molecule has 19 heavy (non-hydrogen) atoms. The van der Waals surface area contributed by atoms with Gasteiger partial charge in [0, 0.05) is 0 Å². The summed E-state index contributed by atoms with van der Waals surface area (Å²) < 4.78 is 10.4. The van der Waals surface area contributed by atoms with E-state index in [0.717, 1.165) is 19.3 Å². The summed E-state index contributed by atoms with van der Waals surface area (Å²) in [5.41, 5.74) is 2.55. The first kappa shape index (κ1) is 12.1. The summed E-state index contributed by atoms with van der Waals surface area (Å²) in [4.78, 5) is 12.1. The van der Waals surface area contributed by atoms with Gasteiger partial charge in [-0.2, -0.15) is 0 Å². The van der Waals surface area contributed by atoms with Crippen molar-refractivity contribution in [2.45, 2.75) is 25.3 Å². The second kappa shape index (κ2) is 5.34. The number of hydrogen-bond acceptors (Lipinski definition) is 3. The van der Waals surface area contributed by atoms with Gasteiger partial charge in [-0.25, -0.2) is 0 Å². The molecule has 1 amide bonds. The predicted molar refractivity (Wildman–Crippen MR) is 70.3 cm³/mol. The number of carbonyl (C=O) groups is 1. The van der Waals surface area contributed by atoms with Gasteiger partial charge < -0.3 is 14.8 Å². The first-order chi connectivity index (χ1) is 9.34. The normalized spacial score (nSPS) is 21.5. The molecule has 1 aromatic carbocycles. The lowest BCUT2D eigenvalue weighted by molar-refractivity contribution is -0.123. The molecule has 0 aromatic heterocycles. The van der Waals surface area contributed by atoms with Crippen LogP contribution in [0.1, 0.15) is 30.0 Å². The zero-order valence-corrected chi connectivity index (χ0v) is 10.7. The van der Waals surface area contributed by atoms with Gasteiger partial charge in [0.25, 0.3) is 5.91 Å². The fourth-order valence-corrected chi connectivity index (χ4v) is 2.62. The Morgan fingerprint density at radius 1 is 1.26 bits per heavy atom. The Morgan fingerprint density at radius 3 is 3.00 bits per heavy atom. The molecule has 2 aliphatic rings. The highest BCUT2D eigenvalue weighted by Crippen LogP contribution is 2.29. The fraction of sp³-hybridized carbons (Fsp3) is 0.400. The van der Waals surface area contributed by atoms with Crippen molar-refractivity contribution in [1.82, 2.24) is 5.32 Å². The topological polar surface area (TPSA) is 47.6 Å². The molecule has 0 bridgehead atoms. The lowest BCUT2D eigenvalue weighted by Crippen LogP contribution is -2.33. The molecule has 1 aromatic rings. The molecule has 0 radical (unpaired) electrons. The van der Waals surface area contributed by atoms with Crippen LogP contribution < -0.4 is 5.32 Å². The second-order valence-electron chi connectivity index (χ2n) is 4.82. The zero-order valence-electron chi connectivity index (χ0n) is 10.7. The van der Waals surface area contributed by atoms with Gasteiger partial charge in [-0.15, -0.1) is 0 Å². The van der Waals surface area contributed by atoms with Crippen LogP contribution in [0.4, 0.5) is 0 Å². The quantitative estimate of drug-likeness (QED) is 0.884. The number of rotatable bonds is 2. The van der Waals surface area contributed by atoms with Gasteiger partial charge >= 0.3 is 0 Å². The third-order valence-corrected chi connectivity index (χ3v) is 3.55. The smallest absolute Gasteiger partial charge is 0.290 e. The average molecular weight is 259 g/mol. The lowest BCUT2D eigenvalue weighted by Gasteiger charge is -2.27. The van der Waals surface area contributed by atoms with Crippen molar-refractivity contribution in [3.8, 4) is 0 Å². The van der Waals surface area contributed by atoms with Gasteiger partial charge in [-0.05, 0) is 30.4 Å². The van der Waals surface area contributed by atoms with Crippen molar-refractivity contribution in [3.05, 3.63) is 47.4 Å². The second-order valence-corrected chi connectivity index (χ2v) is 4.82. The summed E-state index contributed by atoms with van der Waals surface area (Å²) in [7, 11) is 0. The molecule has 3 rings (SSSR count). The Hall–Kier alpha value is -1.97. The summed E-state index contributed by atoms with van der Waals surface area (Å²) >= 11 is 0. The number of ether oxygens (including phenoxy) is 2. The molecule has 1 aliphatic carbocycles. The summed E-state index contributed by atoms with van der Waals surface area (Å²) in [6.45, 7) is 0.934. The van der Waals surface area contributed by atoms with Crippen molar-refractivity contribution in [3.63, 3.8) is 0 Å². The van der Waals surface area contributed by atoms with Crippen LogP contribution in [0, 0.1) is 0 Å². The third-order valence-electron chi connectivity index (χ3n) is 3.55. The number of fused-ring (bicyclic) bond motifs is 1. The highest BCUT2D eigenvalue weighted by molar-refractivity contribution is 5.91. The number of aryl methyl sites for hydroxylation is 1. The Labute approximate surface area is 112 Å². The van der Waals surface area contributed by atoms with E-state index in [1.807, 2.05) is 12.1 Å². The van der Waals surface area contributed by atoms with Crippen molar-refractivity contribution in [2.24, 2.45) is 0 Å².